The molecule has 9 heteroatoms. The van der Waals surface area contributed by atoms with Gasteiger partial charge in [-0.15, -0.1) is 0 Å². The van der Waals surface area contributed by atoms with Crippen molar-refractivity contribution in [1.29, 1.82) is 0 Å². The predicted molar refractivity (Wildman–Crippen MR) is 104 cm³/mol. The molecule has 0 radical (unpaired) electrons. The first-order chi connectivity index (χ1) is 14.3. The van der Waals surface area contributed by atoms with Gasteiger partial charge in [-0.05, 0) is 50.2 Å². The normalized spacial score (nSPS) is 11.4. The van der Waals surface area contributed by atoms with Crippen LogP contribution in [-0.2, 0) is 4.79 Å². The van der Waals surface area contributed by atoms with Crippen molar-refractivity contribution in [3.63, 3.8) is 0 Å². The number of halogens is 1. The van der Waals surface area contributed by atoms with Crippen LogP contribution < -0.4 is 9.47 Å². The maximum Gasteiger partial charge on any atom is 0.347 e. The second-order valence-electron chi connectivity index (χ2n) is 6.84. The van der Waals surface area contributed by atoms with Crippen molar-refractivity contribution in [2.24, 2.45) is 0 Å². The van der Waals surface area contributed by atoms with Gasteiger partial charge in [-0.25, -0.2) is 19.2 Å². The zero-order valence-electron chi connectivity index (χ0n) is 16.0. The van der Waals surface area contributed by atoms with Crippen LogP contribution in [0.4, 0.5) is 4.39 Å². The van der Waals surface area contributed by atoms with Crippen LogP contribution in [-0.4, -0.2) is 31.6 Å². The van der Waals surface area contributed by atoms with Crippen molar-refractivity contribution in [2.75, 3.05) is 0 Å². The Morgan fingerprint density at radius 1 is 1.10 bits per heavy atom. The summed E-state index contributed by atoms with van der Waals surface area (Å²) in [6.07, 6.45) is 1.42. The number of hydrogen-bond donors (Lipinski definition) is 1. The zero-order valence-corrected chi connectivity index (χ0v) is 16.0. The van der Waals surface area contributed by atoms with E-state index in [9.17, 15) is 9.18 Å². The van der Waals surface area contributed by atoms with Gasteiger partial charge in [0, 0.05) is 5.56 Å². The molecular weight excluding hydrogens is 393 g/mol. The van der Waals surface area contributed by atoms with Gasteiger partial charge in [0.05, 0.1) is 6.20 Å². The molecule has 4 aromatic rings. The minimum Gasteiger partial charge on any atom is -0.478 e. The van der Waals surface area contributed by atoms with E-state index in [1.165, 1.54) is 32.2 Å². The number of carbonyl (C=O) groups is 1. The Hall–Kier alpha value is -4.01. The van der Waals surface area contributed by atoms with Gasteiger partial charge < -0.3 is 19.0 Å². The Kier molecular flexibility index (Phi) is 4.78. The summed E-state index contributed by atoms with van der Waals surface area (Å²) >= 11 is 0. The molecule has 0 unspecified atom stereocenters. The molecule has 0 atom stereocenters. The van der Waals surface area contributed by atoms with Crippen LogP contribution >= 0.6 is 0 Å². The van der Waals surface area contributed by atoms with Crippen molar-refractivity contribution < 1.29 is 28.2 Å². The third-order valence-corrected chi connectivity index (χ3v) is 4.16. The van der Waals surface area contributed by atoms with Crippen molar-refractivity contribution in [3.8, 4) is 29.0 Å². The average Bonchev–Trinajstić information content (AvgIpc) is 3.13. The van der Waals surface area contributed by atoms with Crippen LogP contribution in [0.1, 0.15) is 13.8 Å². The van der Waals surface area contributed by atoms with Crippen LogP contribution in [0.25, 0.3) is 22.7 Å². The summed E-state index contributed by atoms with van der Waals surface area (Å²) in [6.45, 7) is 2.92. The largest absolute Gasteiger partial charge is 0.478 e. The standard InChI is InChI=1S/C21H16FN3O5/c1-21(2,19(26)27)30-13-9-7-12(8-10-13)17-24-15-11-23-20(25-18(15)29-17)28-16-6-4-3-5-14(16)22/h3-11H,1-2H3,(H,26,27). The van der Waals surface area contributed by atoms with Gasteiger partial charge in [-0.2, -0.15) is 4.98 Å². The van der Waals surface area contributed by atoms with E-state index >= 15 is 0 Å². The Labute approximate surface area is 169 Å². The van der Waals surface area contributed by atoms with E-state index < -0.39 is 17.4 Å². The third kappa shape index (κ3) is 3.90. The lowest BCUT2D eigenvalue weighted by Gasteiger charge is -2.21. The van der Waals surface area contributed by atoms with Crippen molar-refractivity contribution in [2.45, 2.75) is 19.4 Å². The molecule has 0 amide bonds. The highest BCUT2D eigenvalue weighted by atomic mass is 19.1. The number of hydrogen-bond acceptors (Lipinski definition) is 7. The maximum absolute atomic E-state index is 13.7. The van der Waals surface area contributed by atoms with Crippen molar-refractivity contribution in [3.05, 3.63) is 60.5 Å². The molecule has 1 N–H and O–H groups in total. The zero-order chi connectivity index (χ0) is 21.3. The Morgan fingerprint density at radius 3 is 2.53 bits per heavy atom. The molecule has 0 aliphatic carbocycles. The van der Waals surface area contributed by atoms with Gasteiger partial charge in [-0.1, -0.05) is 12.1 Å². The third-order valence-electron chi connectivity index (χ3n) is 4.16. The van der Waals surface area contributed by atoms with Gasteiger partial charge in [-0.3, -0.25) is 0 Å². The molecule has 2 aromatic heterocycles. The number of carboxylic acid groups (broad SMARTS) is 1. The summed E-state index contributed by atoms with van der Waals surface area (Å²) in [5.74, 6) is -0.934. The predicted octanol–water partition coefficient (Wildman–Crippen LogP) is 4.46. The van der Waals surface area contributed by atoms with Crippen molar-refractivity contribution >= 4 is 17.2 Å². The molecule has 2 aromatic carbocycles. The first-order valence-corrected chi connectivity index (χ1v) is 8.91. The minimum atomic E-state index is -1.36. The number of benzene rings is 2. The molecule has 4 rings (SSSR count). The molecule has 0 aliphatic rings. The van der Waals surface area contributed by atoms with E-state index in [2.05, 4.69) is 15.0 Å². The highest BCUT2D eigenvalue weighted by Gasteiger charge is 2.29. The molecule has 0 saturated carbocycles. The smallest absolute Gasteiger partial charge is 0.347 e. The highest BCUT2D eigenvalue weighted by Crippen LogP contribution is 2.28. The Bertz CT molecular complexity index is 1220. The van der Waals surface area contributed by atoms with Crippen LogP contribution in [0.2, 0.25) is 0 Å². The monoisotopic (exact) mass is 409 g/mol. The van der Waals surface area contributed by atoms with Crippen LogP contribution in [0.5, 0.6) is 17.5 Å². The lowest BCUT2D eigenvalue weighted by molar-refractivity contribution is -0.152. The molecule has 30 heavy (non-hydrogen) atoms. The number of aliphatic carboxylic acids is 1. The summed E-state index contributed by atoms with van der Waals surface area (Å²) < 4.78 is 30.2. The number of rotatable bonds is 6. The lowest BCUT2D eigenvalue weighted by Crippen LogP contribution is -2.37. The van der Waals surface area contributed by atoms with E-state index in [1.807, 2.05) is 0 Å². The number of aromatic nitrogens is 3. The first-order valence-electron chi connectivity index (χ1n) is 8.91. The van der Waals surface area contributed by atoms with Gasteiger partial charge in [0.1, 0.15) is 11.3 Å². The highest BCUT2D eigenvalue weighted by molar-refractivity contribution is 5.77. The summed E-state index contributed by atoms with van der Waals surface area (Å²) in [4.78, 5) is 23.7. The van der Waals surface area contributed by atoms with Gasteiger partial charge in [0.15, 0.2) is 17.2 Å². The quantitative estimate of drug-likeness (QED) is 0.497. The molecule has 0 bridgehead atoms. The maximum atomic E-state index is 13.7. The molecule has 0 spiro atoms. The summed E-state index contributed by atoms with van der Waals surface area (Å²) in [5.41, 5.74) is -0.148. The van der Waals surface area contributed by atoms with E-state index in [-0.39, 0.29) is 23.4 Å². The van der Waals surface area contributed by atoms with Crippen LogP contribution in [0.15, 0.2) is 59.1 Å². The van der Waals surface area contributed by atoms with Crippen LogP contribution in [0.3, 0.4) is 0 Å². The molecular formula is C21H16FN3O5. The number of nitrogens with zero attached hydrogens (tertiary/aromatic N) is 3. The van der Waals surface area contributed by atoms with E-state index in [0.29, 0.717) is 16.8 Å². The fourth-order valence-corrected chi connectivity index (χ4v) is 2.52. The number of fused-ring (bicyclic) bond motifs is 1. The first kappa shape index (κ1) is 19.3. The van der Waals surface area contributed by atoms with Crippen molar-refractivity contribution in [1.82, 2.24) is 15.0 Å². The number of oxazole rings is 1. The van der Waals surface area contributed by atoms with Gasteiger partial charge in [0.25, 0.3) is 5.71 Å². The number of ether oxygens (including phenoxy) is 2. The SMILES string of the molecule is CC(C)(Oc1ccc(-c2nc3cnc(Oc4ccccc4F)nc3o2)cc1)C(=O)O. The molecule has 8 nitrogen and oxygen atoms in total. The molecule has 152 valence electrons. The minimum absolute atomic E-state index is 0.00328. The van der Waals surface area contributed by atoms with Crippen LogP contribution in [0, 0.1) is 5.82 Å². The lowest BCUT2D eigenvalue weighted by atomic mass is 10.1. The van der Waals surface area contributed by atoms with E-state index in [0.717, 1.165) is 0 Å². The van der Waals surface area contributed by atoms with E-state index in [4.69, 9.17) is 19.0 Å². The second kappa shape index (κ2) is 7.43. The summed E-state index contributed by atoms with van der Waals surface area (Å²) in [5, 5.41) is 9.15. The van der Waals surface area contributed by atoms with E-state index in [1.54, 1.807) is 36.4 Å². The average molecular weight is 409 g/mol. The molecule has 0 saturated heterocycles. The summed E-state index contributed by atoms with van der Waals surface area (Å²) in [6, 6.07) is 12.4. The summed E-state index contributed by atoms with van der Waals surface area (Å²) in [7, 11) is 0. The second-order valence-corrected chi connectivity index (χ2v) is 6.84. The fourth-order valence-electron chi connectivity index (χ4n) is 2.52. The number of carboxylic acids is 1. The van der Waals surface area contributed by atoms with Gasteiger partial charge >= 0.3 is 12.0 Å². The molecule has 0 aliphatic heterocycles. The van der Waals surface area contributed by atoms with Gasteiger partial charge in [0.2, 0.25) is 5.89 Å². The topological polar surface area (TPSA) is 108 Å². The fraction of sp³-hybridized carbons (Fsp3) is 0.143. The molecule has 0 fully saturated rings. The Morgan fingerprint density at radius 2 is 1.83 bits per heavy atom. The number of para-hydroxylation sites is 1. The Balaban J connectivity index is 1.56. The molecule has 2 heterocycles.